The Morgan fingerprint density at radius 1 is 0.842 bits per heavy atom. The summed E-state index contributed by atoms with van der Waals surface area (Å²) in [4.78, 5) is 26.7. The zero-order valence-corrected chi connectivity index (χ0v) is 21.1. The molecule has 0 fully saturated rings. The Morgan fingerprint density at radius 3 is 2.32 bits per heavy atom. The first-order valence-corrected chi connectivity index (χ1v) is 13.2. The van der Waals surface area contributed by atoms with Gasteiger partial charge in [0.15, 0.2) is 12.4 Å². The molecule has 4 aromatic carbocycles. The Morgan fingerprint density at radius 2 is 1.53 bits per heavy atom. The van der Waals surface area contributed by atoms with Crippen LogP contribution in [0.3, 0.4) is 0 Å². The summed E-state index contributed by atoms with van der Waals surface area (Å²) in [5.74, 6) is -1.06. The lowest BCUT2D eigenvalue weighted by molar-refractivity contribution is -0.139. The predicted molar refractivity (Wildman–Crippen MR) is 144 cm³/mol. The van der Waals surface area contributed by atoms with Crippen LogP contribution in [0.2, 0.25) is 0 Å². The van der Waals surface area contributed by atoms with Crippen molar-refractivity contribution >= 4 is 38.3 Å². The van der Waals surface area contributed by atoms with Gasteiger partial charge in [0, 0.05) is 16.5 Å². The summed E-state index contributed by atoms with van der Waals surface area (Å²) in [5, 5.41) is 1.77. The van der Waals surface area contributed by atoms with Crippen LogP contribution in [-0.2, 0) is 19.6 Å². The number of carbonyl (C=O) groups excluding carboxylic acids is 2. The lowest BCUT2D eigenvalue weighted by atomic mass is 10.0. The van der Waals surface area contributed by atoms with Gasteiger partial charge < -0.3 is 9.47 Å². The average molecular weight is 526 g/mol. The van der Waals surface area contributed by atoms with Crippen LogP contribution in [0.1, 0.15) is 15.9 Å². The van der Waals surface area contributed by atoms with Crippen molar-refractivity contribution in [2.75, 3.05) is 13.2 Å². The first-order valence-electron chi connectivity index (χ1n) is 11.8. The maximum absolute atomic E-state index is 13.7. The van der Waals surface area contributed by atoms with E-state index in [0.717, 1.165) is 15.1 Å². The van der Waals surface area contributed by atoms with Crippen LogP contribution < -0.4 is 4.74 Å². The van der Waals surface area contributed by atoms with Crippen molar-refractivity contribution < 1.29 is 27.5 Å². The molecule has 0 saturated heterocycles. The maximum Gasteiger partial charge on any atom is 0.349 e. The van der Waals surface area contributed by atoms with Crippen LogP contribution in [0.25, 0.3) is 16.5 Å². The minimum atomic E-state index is -4.13. The summed E-state index contributed by atoms with van der Waals surface area (Å²) >= 11 is 0. The third kappa shape index (κ3) is 4.57. The molecule has 8 heteroatoms. The van der Waals surface area contributed by atoms with Crippen LogP contribution >= 0.6 is 0 Å². The van der Waals surface area contributed by atoms with Crippen LogP contribution in [0.4, 0.5) is 0 Å². The fraction of sp³-hybridized carbons (Fsp3) is 0.0667. The van der Waals surface area contributed by atoms with Gasteiger partial charge in [-0.3, -0.25) is 9.10 Å². The number of ketones is 1. The van der Waals surface area contributed by atoms with Crippen molar-refractivity contribution in [3.63, 3.8) is 0 Å². The SMILES string of the molecule is C=CCN1C(C(=O)c2ccccc2)=C(OC(=O)COc2cccc3ccccc23)c2ccccc2S1(=O)=O. The third-order valence-corrected chi connectivity index (χ3v) is 7.84. The van der Waals surface area contributed by atoms with Gasteiger partial charge in [-0.05, 0) is 23.6 Å². The largest absolute Gasteiger partial charge is 0.481 e. The summed E-state index contributed by atoms with van der Waals surface area (Å²) in [6, 6.07) is 27.4. The molecule has 190 valence electrons. The van der Waals surface area contributed by atoms with Gasteiger partial charge in [0.25, 0.3) is 10.0 Å². The molecular formula is C30H23NO6S. The Kier molecular flexibility index (Phi) is 6.81. The fourth-order valence-corrected chi connectivity index (χ4v) is 5.95. The lowest BCUT2D eigenvalue weighted by Gasteiger charge is -2.32. The number of hydrogen-bond donors (Lipinski definition) is 0. The van der Waals surface area contributed by atoms with Crippen LogP contribution in [-0.4, -0.2) is 37.6 Å². The standard InChI is InChI=1S/C30H23NO6S/c1-2-19-31-28(29(33)22-12-4-3-5-13-22)30(24-16-8-9-18-26(24)38(31,34)35)37-27(32)20-36-25-17-10-14-21-11-6-7-15-23(21)25/h2-18H,1,19-20H2. The number of rotatable bonds is 8. The van der Waals surface area contributed by atoms with Crippen molar-refractivity contribution in [2.45, 2.75) is 4.90 Å². The van der Waals surface area contributed by atoms with E-state index in [9.17, 15) is 18.0 Å². The zero-order chi connectivity index (χ0) is 26.7. The molecular weight excluding hydrogens is 502 g/mol. The number of benzene rings is 4. The summed E-state index contributed by atoms with van der Waals surface area (Å²) < 4.78 is 39.5. The molecule has 0 aromatic heterocycles. The van der Waals surface area contributed by atoms with E-state index in [-0.39, 0.29) is 34.0 Å². The van der Waals surface area contributed by atoms with E-state index in [1.807, 2.05) is 36.4 Å². The van der Waals surface area contributed by atoms with Crippen LogP contribution in [0, 0.1) is 0 Å². The molecule has 0 radical (unpaired) electrons. The molecule has 0 aliphatic carbocycles. The first-order chi connectivity index (χ1) is 18.4. The highest BCUT2D eigenvalue weighted by Crippen LogP contribution is 2.39. The van der Waals surface area contributed by atoms with E-state index in [2.05, 4.69) is 6.58 Å². The number of carbonyl (C=O) groups is 2. The molecule has 0 atom stereocenters. The minimum Gasteiger partial charge on any atom is -0.481 e. The molecule has 0 unspecified atom stereocenters. The Labute approximate surface area is 220 Å². The lowest BCUT2D eigenvalue weighted by Crippen LogP contribution is -2.39. The second-order valence-electron chi connectivity index (χ2n) is 8.43. The van der Waals surface area contributed by atoms with Gasteiger partial charge in [-0.2, -0.15) is 0 Å². The minimum absolute atomic E-state index is 0.0794. The number of sulfonamides is 1. The van der Waals surface area contributed by atoms with E-state index in [4.69, 9.17) is 9.47 Å². The molecule has 38 heavy (non-hydrogen) atoms. The Bertz CT molecular complexity index is 1690. The van der Waals surface area contributed by atoms with Gasteiger partial charge in [0.2, 0.25) is 5.78 Å². The fourth-order valence-electron chi connectivity index (χ4n) is 4.31. The van der Waals surface area contributed by atoms with E-state index < -0.39 is 28.4 Å². The van der Waals surface area contributed by atoms with E-state index in [0.29, 0.717) is 5.75 Å². The zero-order valence-electron chi connectivity index (χ0n) is 20.2. The van der Waals surface area contributed by atoms with Gasteiger partial charge in [0.05, 0.1) is 11.4 Å². The molecule has 0 amide bonds. The molecule has 0 bridgehead atoms. The molecule has 1 aliphatic rings. The normalized spacial score (nSPS) is 14.1. The van der Waals surface area contributed by atoms with E-state index >= 15 is 0 Å². The second-order valence-corrected chi connectivity index (χ2v) is 10.3. The van der Waals surface area contributed by atoms with Crippen LogP contribution in [0.5, 0.6) is 5.75 Å². The summed E-state index contributed by atoms with van der Waals surface area (Å²) in [5.41, 5.74) is 0.0885. The van der Waals surface area contributed by atoms with Crippen molar-refractivity contribution in [2.24, 2.45) is 0 Å². The number of fused-ring (bicyclic) bond motifs is 2. The summed E-state index contributed by atoms with van der Waals surface area (Å²) in [6.07, 6.45) is 1.37. The predicted octanol–water partition coefficient (Wildman–Crippen LogP) is 5.20. The van der Waals surface area contributed by atoms with E-state index in [1.165, 1.54) is 18.2 Å². The van der Waals surface area contributed by atoms with Gasteiger partial charge in [0.1, 0.15) is 11.4 Å². The quantitative estimate of drug-likeness (QED) is 0.178. The molecule has 1 aliphatic heterocycles. The number of ether oxygens (including phenoxy) is 2. The molecule has 5 rings (SSSR count). The highest BCUT2D eigenvalue weighted by molar-refractivity contribution is 7.89. The number of esters is 1. The smallest absolute Gasteiger partial charge is 0.349 e. The number of hydrogen-bond acceptors (Lipinski definition) is 6. The average Bonchev–Trinajstić information content (AvgIpc) is 2.95. The molecule has 4 aromatic rings. The van der Waals surface area contributed by atoms with Crippen molar-refractivity contribution in [1.29, 1.82) is 0 Å². The highest BCUT2D eigenvalue weighted by atomic mass is 32.2. The molecule has 0 N–H and O–H groups in total. The van der Waals surface area contributed by atoms with Gasteiger partial charge >= 0.3 is 5.97 Å². The summed E-state index contributed by atoms with van der Waals surface area (Å²) in [6.45, 7) is 2.99. The van der Waals surface area contributed by atoms with E-state index in [1.54, 1.807) is 48.5 Å². The van der Waals surface area contributed by atoms with Crippen molar-refractivity contribution in [3.05, 3.63) is 127 Å². The first kappa shape index (κ1) is 25.0. The Balaban J connectivity index is 1.56. The topological polar surface area (TPSA) is 90.0 Å². The molecule has 7 nitrogen and oxygen atoms in total. The second kappa shape index (κ2) is 10.4. The maximum atomic E-state index is 13.7. The number of allylic oxidation sites excluding steroid dienone is 1. The van der Waals surface area contributed by atoms with Crippen molar-refractivity contribution in [1.82, 2.24) is 4.31 Å². The highest BCUT2D eigenvalue weighted by Gasteiger charge is 2.41. The molecule has 0 saturated carbocycles. The number of Topliss-reactive ketones (excluding diaryl/α,β-unsaturated/α-hetero) is 1. The molecule has 1 heterocycles. The van der Waals surface area contributed by atoms with Gasteiger partial charge in [-0.15, -0.1) is 6.58 Å². The van der Waals surface area contributed by atoms with Gasteiger partial charge in [-0.25, -0.2) is 13.2 Å². The third-order valence-electron chi connectivity index (χ3n) is 6.02. The summed E-state index contributed by atoms with van der Waals surface area (Å²) in [7, 11) is -4.13. The van der Waals surface area contributed by atoms with Crippen molar-refractivity contribution in [3.8, 4) is 5.75 Å². The number of nitrogens with zero attached hydrogens (tertiary/aromatic N) is 1. The Hall–Kier alpha value is -4.69. The van der Waals surface area contributed by atoms with Gasteiger partial charge in [-0.1, -0.05) is 84.9 Å². The molecule has 0 spiro atoms. The van der Waals surface area contributed by atoms with Crippen LogP contribution in [0.15, 0.2) is 120 Å². The monoisotopic (exact) mass is 525 g/mol.